The molecule has 0 aliphatic heterocycles. The molecule has 1 atom stereocenters. The lowest BCUT2D eigenvalue weighted by molar-refractivity contribution is 0.272. The van der Waals surface area contributed by atoms with Crippen LogP contribution in [-0.2, 0) is 0 Å². The van der Waals surface area contributed by atoms with Gasteiger partial charge in [-0.2, -0.15) is 12.6 Å². The van der Waals surface area contributed by atoms with Crippen LogP contribution in [0.5, 0.6) is 5.75 Å². The van der Waals surface area contributed by atoms with Crippen LogP contribution in [0.4, 0.5) is 0 Å². The number of thiol groups is 1. The summed E-state index contributed by atoms with van der Waals surface area (Å²) in [5.74, 6) is 2.29. The second-order valence-electron chi connectivity index (χ2n) is 3.51. The molecule has 0 fully saturated rings. The van der Waals surface area contributed by atoms with Crippen LogP contribution < -0.4 is 4.74 Å². The number of ether oxygens (including phenoxy) is 1. The summed E-state index contributed by atoms with van der Waals surface area (Å²) >= 11 is 7.64. The van der Waals surface area contributed by atoms with Gasteiger partial charge in [0.25, 0.3) is 0 Å². The van der Waals surface area contributed by atoms with Gasteiger partial charge in [0.2, 0.25) is 0 Å². The van der Waals surface area contributed by atoms with Crippen molar-refractivity contribution < 1.29 is 4.74 Å². The van der Waals surface area contributed by atoms with Crippen LogP contribution in [0.3, 0.4) is 0 Å². The average molecular weight is 275 g/mol. The Balaban J connectivity index is 2.62. The number of benzene rings is 1. The molecule has 1 aromatic carbocycles. The smallest absolute Gasteiger partial charge is 0.123 e. The zero-order chi connectivity index (χ0) is 10.6. The minimum absolute atomic E-state index is 0.483. The lowest BCUT2D eigenvalue weighted by atomic mass is 10.2. The first-order valence-corrected chi connectivity index (χ1v) is 6.06. The molecule has 78 valence electrons. The highest BCUT2D eigenvalue weighted by Gasteiger charge is 2.03. The van der Waals surface area contributed by atoms with Crippen molar-refractivity contribution in [1.82, 2.24) is 0 Å². The van der Waals surface area contributed by atoms with Gasteiger partial charge in [-0.3, -0.25) is 0 Å². The standard InChI is InChI=1S/C11H15BrOS/c1-8(7-14)6-13-11-5-10(12)4-3-9(11)2/h3-5,8,14H,6-7H2,1-2H3. The van der Waals surface area contributed by atoms with E-state index in [1.54, 1.807) is 0 Å². The number of hydrogen-bond acceptors (Lipinski definition) is 2. The summed E-state index contributed by atoms with van der Waals surface area (Å²) in [4.78, 5) is 0. The first-order valence-electron chi connectivity index (χ1n) is 4.63. The Morgan fingerprint density at radius 1 is 1.50 bits per heavy atom. The maximum atomic E-state index is 5.69. The SMILES string of the molecule is Cc1ccc(Br)cc1OCC(C)CS. The number of hydrogen-bond donors (Lipinski definition) is 1. The van der Waals surface area contributed by atoms with Gasteiger partial charge in [-0.15, -0.1) is 0 Å². The minimum Gasteiger partial charge on any atom is -0.493 e. The van der Waals surface area contributed by atoms with Crippen molar-refractivity contribution in [3.8, 4) is 5.75 Å². The summed E-state index contributed by atoms with van der Waals surface area (Å²) < 4.78 is 6.74. The molecule has 0 aliphatic rings. The third-order valence-electron chi connectivity index (χ3n) is 1.99. The van der Waals surface area contributed by atoms with Crippen molar-refractivity contribution in [1.29, 1.82) is 0 Å². The topological polar surface area (TPSA) is 9.23 Å². The predicted molar refractivity (Wildman–Crippen MR) is 67.4 cm³/mol. The Labute approximate surface area is 99.4 Å². The van der Waals surface area contributed by atoms with Crippen LogP contribution in [0.2, 0.25) is 0 Å². The largest absolute Gasteiger partial charge is 0.493 e. The molecule has 0 saturated carbocycles. The summed E-state index contributed by atoms with van der Waals surface area (Å²) in [6.45, 7) is 4.90. The molecule has 0 N–H and O–H groups in total. The van der Waals surface area contributed by atoms with E-state index in [0.29, 0.717) is 5.92 Å². The molecule has 0 aliphatic carbocycles. The van der Waals surface area contributed by atoms with E-state index in [0.717, 1.165) is 22.6 Å². The fourth-order valence-electron chi connectivity index (χ4n) is 1.01. The van der Waals surface area contributed by atoms with Crippen molar-refractivity contribution in [3.63, 3.8) is 0 Å². The van der Waals surface area contributed by atoms with Gasteiger partial charge >= 0.3 is 0 Å². The van der Waals surface area contributed by atoms with Crippen molar-refractivity contribution >= 4 is 28.6 Å². The maximum absolute atomic E-state index is 5.69. The summed E-state index contributed by atoms with van der Waals surface area (Å²) in [6.07, 6.45) is 0. The van der Waals surface area contributed by atoms with Crippen LogP contribution in [0.15, 0.2) is 22.7 Å². The first kappa shape index (κ1) is 11.9. The van der Waals surface area contributed by atoms with Crippen LogP contribution in [0.1, 0.15) is 12.5 Å². The van der Waals surface area contributed by atoms with E-state index in [1.807, 2.05) is 25.1 Å². The molecule has 14 heavy (non-hydrogen) atoms. The maximum Gasteiger partial charge on any atom is 0.123 e. The van der Waals surface area contributed by atoms with Gasteiger partial charge in [-0.25, -0.2) is 0 Å². The molecule has 1 nitrogen and oxygen atoms in total. The monoisotopic (exact) mass is 274 g/mol. The van der Waals surface area contributed by atoms with Crippen molar-refractivity contribution in [2.24, 2.45) is 5.92 Å². The normalized spacial score (nSPS) is 12.6. The molecule has 1 aromatic rings. The Bertz CT molecular complexity index is 301. The van der Waals surface area contributed by atoms with Crippen LogP contribution >= 0.6 is 28.6 Å². The van der Waals surface area contributed by atoms with Gasteiger partial charge in [0, 0.05) is 4.47 Å². The molecule has 0 spiro atoms. The Kier molecular flexibility index (Phi) is 4.82. The zero-order valence-electron chi connectivity index (χ0n) is 8.46. The van der Waals surface area contributed by atoms with Gasteiger partial charge in [-0.1, -0.05) is 28.9 Å². The van der Waals surface area contributed by atoms with E-state index in [4.69, 9.17) is 4.74 Å². The molecule has 0 saturated heterocycles. The van der Waals surface area contributed by atoms with Gasteiger partial charge in [0.05, 0.1) is 6.61 Å². The third-order valence-corrected chi connectivity index (χ3v) is 3.10. The van der Waals surface area contributed by atoms with Crippen LogP contribution in [0, 0.1) is 12.8 Å². The Morgan fingerprint density at radius 3 is 2.86 bits per heavy atom. The van der Waals surface area contributed by atoms with E-state index < -0.39 is 0 Å². The van der Waals surface area contributed by atoms with E-state index in [2.05, 4.69) is 35.5 Å². The number of aryl methyl sites for hydroxylation is 1. The van der Waals surface area contributed by atoms with Crippen molar-refractivity contribution in [3.05, 3.63) is 28.2 Å². The van der Waals surface area contributed by atoms with Crippen molar-refractivity contribution in [2.75, 3.05) is 12.4 Å². The summed E-state index contributed by atoms with van der Waals surface area (Å²) in [6, 6.07) is 6.07. The average Bonchev–Trinajstić information content (AvgIpc) is 2.19. The highest BCUT2D eigenvalue weighted by atomic mass is 79.9. The number of rotatable bonds is 4. The molecule has 0 heterocycles. The molecule has 3 heteroatoms. The quantitative estimate of drug-likeness (QED) is 0.824. The van der Waals surface area contributed by atoms with Gasteiger partial charge < -0.3 is 4.74 Å². The second kappa shape index (κ2) is 5.66. The van der Waals surface area contributed by atoms with Gasteiger partial charge in [0.15, 0.2) is 0 Å². The number of halogens is 1. The highest BCUT2D eigenvalue weighted by Crippen LogP contribution is 2.23. The van der Waals surface area contributed by atoms with Crippen LogP contribution in [0.25, 0.3) is 0 Å². The predicted octanol–water partition coefficient (Wildman–Crippen LogP) is 3.70. The van der Waals surface area contributed by atoms with E-state index >= 15 is 0 Å². The lowest BCUT2D eigenvalue weighted by Gasteiger charge is -2.12. The minimum atomic E-state index is 0.483. The van der Waals surface area contributed by atoms with Gasteiger partial charge in [0.1, 0.15) is 5.75 Å². The lowest BCUT2D eigenvalue weighted by Crippen LogP contribution is -2.10. The second-order valence-corrected chi connectivity index (χ2v) is 4.79. The summed E-state index contributed by atoms with van der Waals surface area (Å²) in [5.41, 5.74) is 1.17. The molecule has 0 radical (unpaired) electrons. The highest BCUT2D eigenvalue weighted by molar-refractivity contribution is 9.10. The van der Waals surface area contributed by atoms with E-state index in [1.165, 1.54) is 5.56 Å². The third kappa shape index (κ3) is 3.54. The fourth-order valence-corrected chi connectivity index (χ4v) is 1.46. The van der Waals surface area contributed by atoms with E-state index in [-0.39, 0.29) is 0 Å². The Morgan fingerprint density at radius 2 is 2.21 bits per heavy atom. The van der Waals surface area contributed by atoms with E-state index in [9.17, 15) is 0 Å². The fraction of sp³-hybridized carbons (Fsp3) is 0.455. The van der Waals surface area contributed by atoms with Gasteiger partial charge in [-0.05, 0) is 36.3 Å². The first-order chi connectivity index (χ1) is 6.63. The molecule has 0 bridgehead atoms. The molecule has 0 aromatic heterocycles. The molecular weight excluding hydrogens is 260 g/mol. The summed E-state index contributed by atoms with van der Waals surface area (Å²) in [7, 11) is 0. The zero-order valence-corrected chi connectivity index (χ0v) is 10.9. The summed E-state index contributed by atoms with van der Waals surface area (Å²) in [5, 5.41) is 0. The molecule has 1 unspecified atom stereocenters. The molecule has 0 amide bonds. The molecule has 1 rings (SSSR count). The van der Waals surface area contributed by atoms with Crippen molar-refractivity contribution in [2.45, 2.75) is 13.8 Å². The Hall–Kier alpha value is -0.150. The van der Waals surface area contributed by atoms with Crippen LogP contribution in [-0.4, -0.2) is 12.4 Å². The molecular formula is C11H15BrOS.